The van der Waals surface area contributed by atoms with Crippen LogP contribution in [0.5, 0.6) is 0 Å². The first-order valence-corrected chi connectivity index (χ1v) is 9.99. The normalized spacial score (nSPS) is 11.1. The van der Waals surface area contributed by atoms with Gasteiger partial charge in [0.05, 0.1) is 19.1 Å². The second kappa shape index (κ2) is 10.6. The van der Waals surface area contributed by atoms with Gasteiger partial charge < -0.3 is 14.6 Å². The summed E-state index contributed by atoms with van der Waals surface area (Å²) in [6, 6.07) is 17.2. The number of hydrogen-bond acceptors (Lipinski definition) is 4. The highest BCUT2D eigenvalue weighted by atomic mass is 16.5. The second-order valence-electron chi connectivity index (χ2n) is 6.73. The Morgan fingerprint density at radius 3 is 2.61 bits per heavy atom. The van der Waals surface area contributed by atoms with E-state index in [2.05, 4.69) is 11.4 Å². The lowest BCUT2D eigenvalue weighted by atomic mass is 10.1. The summed E-state index contributed by atoms with van der Waals surface area (Å²) in [5.74, 6) is -0.636. The number of esters is 1. The molecule has 0 aliphatic carbocycles. The summed E-state index contributed by atoms with van der Waals surface area (Å²) in [5, 5.41) is 12.7. The molecule has 1 heterocycles. The smallest absolute Gasteiger partial charge is 0.330 e. The summed E-state index contributed by atoms with van der Waals surface area (Å²) in [6.07, 6.45) is 8.67. The molecule has 0 atom stereocenters. The topological polar surface area (TPSA) is 84.1 Å². The van der Waals surface area contributed by atoms with E-state index >= 15 is 0 Å². The van der Waals surface area contributed by atoms with E-state index in [1.807, 2.05) is 35.0 Å². The van der Waals surface area contributed by atoms with Crippen LogP contribution in [-0.4, -0.2) is 23.1 Å². The third-order valence-electron chi connectivity index (χ3n) is 4.57. The van der Waals surface area contributed by atoms with E-state index in [9.17, 15) is 9.59 Å². The lowest BCUT2D eigenvalue weighted by molar-refractivity contribution is -0.137. The molecule has 0 bridgehead atoms. The first-order chi connectivity index (χ1) is 15.1. The van der Waals surface area contributed by atoms with Gasteiger partial charge in [0.25, 0.3) is 0 Å². The predicted molar refractivity (Wildman–Crippen MR) is 122 cm³/mol. The van der Waals surface area contributed by atoms with Gasteiger partial charge in [0.1, 0.15) is 0 Å². The number of amides is 1. The zero-order valence-corrected chi connectivity index (χ0v) is 17.2. The first kappa shape index (κ1) is 21.6. The first-order valence-electron chi connectivity index (χ1n) is 9.99. The molecule has 2 aromatic carbocycles. The largest absolute Gasteiger partial charge is 0.463 e. The number of fused-ring (bicyclic) bond motifs is 1. The van der Waals surface area contributed by atoms with E-state index < -0.39 is 0 Å². The van der Waals surface area contributed by atoms with E-state index in [0.717, 1.165) is 22.0 Å². The van der Waals surface area contributed by atoms with Crippen molar-refractivity contribution in [3.63, 3.8) is 0 Å². The average Bonchev–Trinajstić information content (AvgIpc) is 3.14. The number of rotatable bonds is 8. The van der Waals surface area contributed by atoms with Crippen LogP contribution in [0.2, 0.25) is 0 Å². The van der Waals surface area contributed by atoms with E-state index in [-0.39, 0.29) is 11.9 Å². The Balaban J connectivity index is 1.66. The van der Waals surface area contributed by atoms with Crippen molar-refractivity contribution in [1.82, 2.24) is 4.57 Å². The molecular formula is C25H23N3O3. The standard InChI is InChI=1S/C25H23N3O3/c1-2-31-25(30)15-10-19-8-12-21(13-9-19)27-24(29)14-11-20-18-28(17-5-16-26)23-7-4-3-6-22(20)23/h3-4,6-15,18H,2,5,17H2,1H3,(H,27,29)/b14-11+,15-10+. The number of hydrogen-bond donors (Lipinski definition) is 1. The number of para-hydroxylation sites is 1. The van der Waals surface area contributed by atoms with Gasteiger partial charge in [-0.05, 0) is 42.8 Å². The van der Waals surface area contributed by atoms with Crippen LogP contribution in [-0.2, 0) is 20.9 Å². The highest BCUT2D eigenvalue weighted by Crippen LogP contribution is 2.23. The van der Waals surface area contributed by atoms with Crippen LogP contribution in [0.1, 0.15) is 24.5 Å². The monoisotopic (exact) mass is 413 g/mol. The zero-order chi connectivity index (χ0) is 22.1. The molecule has 0 saturated carbocycles. The molecule has 0 spiro atoms. The number of nitrogens with one attached hydrogen (secondary N) is 1. The van der Waals surface area contributed by atoms with Crippen molar-refractivity contribution in [2.45, 2.75) is 19.9 Å². The van der Waals surface area contributed by atoms with Gasteiger partial charge >= 0.3 is 5.97 Å². The molecule has 0 fully saturated rings. The molecule has 0 aliphatic rings. The minimum absolute atomic E-state index is 0.247. The molecule has 31 heavy (non-hydrogen) atoms. The Hall–Kier alpha value is -4.11. The molecule has 156 valence electrons. The molecule has 0 saturated heterocycles. The molecular weight excluding hydrogens is 390 g/mol. The number of carbonyl (C=O) groups excluding carboxylic acids is 2. The van der Waals surface area contributed by atoms with Crippen molar-refractivity contribution < 1.29 is 14.3 Å². The lowest BCUT2D eigenvalue weighted by Crippen LogP contribution is -2.07. The molecule has 6 nitrogen and oxygen atoms in total. The summed E-state index contributed by atoms with van der Waals surface area (Å²) in [7, 11) is 0. The molecule has 6 heteroatoms. The van der Waals surface area contributed by atoms with Crippen LogP contribution in [0.4, 0.5) is 5.69 Å². The molecule has 3 aromatic rings. The Morgan fingerprint density at radius 2 is 1.87 bits per heavy atom. The maximum Gasteiger partial charge on any atom is 0.330 e. The summed E-state index contributed by atoms with van der Waals surface area (Å²) < 4.78 is 6.87. The van der Waals surface area contributed by atoms with Crippen LogP contribution in [0.15, 0.2) is 66.9 Å². The van der Waals surface area contributed by atoms with Crippen molar-refractivity contribution >= 4 is 40.6 Å². The Bertz CT molecular complexity index is 1160. The number of nitriles is 1. The van der Waals surface area contributed by atoms with Gasteiger partial charge in [-0.25, -0.2) is 4.79 Å². The van der Waals surface area contributed by atoms with Gasteiger partial charge in [-0.3, -0.25) is 4.79 Å². The number of carbonyl (C=O) groups is 2. The number of aromatic nitrogens is 1. The molecule has 1 N–H and O–H groups in total. The van der Waals surface area contributed by atoms with Gasteiger partial charge in [0.2, 0.25) is 5.91 Å². The Labute approximate surface area is 181 Å². The van der Waals surface area contributed by atoms with E-state index in [1.54, 1.807) is 43.3 Å². The Morgan fingerprint density at radius 1 is 1.10 bits per heavy atom. The second-order valence-corrected chi connectivity index (χ2v) is 6.73. The summed E-state index contributed by atoms with van der Waals surface area (Å²) >= 11 is 0. The third kappa shape index (κ3) is 5.94. The van der Waals surface area contributed by atoms with Crippen molar-refractivity contribution in [3.05, 3.63) is 78.0 Å². The fourth-order valence-electron chi connectivity index (χ4n) is 3.15. The highest BCUT2D eigenvalue weighted by molar-refractivity contribution is 6.03. The van der Waals surface area contributed by atoms with Crippen LogP contribution >= 0.6 is 0 Å². The molecule has 0 radical (unpaired) electrons. The van der Waals surface area contributed by atoms with Gasteiger partial charge in [-0.2, -0.15) is 5.26 Å². The molecule has 0 aliphatic heterocycles. The van der Waals surface area contributed by atoms with Crippen molar-refractivity contribution in [1.29, 1.82) is 5.26 Å². The van der Waals surface area contributed by atoms with Crippen LogP contribution in [0.25, 0.3) is 23.1 Å². The van der Waals surface area contributed by atoms with Gasteiger partial charge in [-0.15, -0.1) is 0 Å². The van der Waals surface area contributed by atoms with Crippen molar-refractivity contribution in [3.8, 4) is 6.07 Å². The molecule has 0 unspecified atom stereocenters. The SMILES string of the molecule is CCOC(=O)/C=C/c1ccc(NC(=O)/C=C/c2cn(CCC#N)c3ccccc23)cc1. The molecule has 1 aromatic heterocycles. The van der Waals surface area contributed by atoms with Gasteiger partial charge in [0, 0.05) is 47.0 Å². The summed E-state index contributed by atoms with van der Waals surface area (Å²) in [6.45, 7) is 2.69. The maximum atomic E-state index is 12.3. The van der Waals surface area contributed by atoms with Gasteiger partial charge in [0.15, 0.2) is 0 Å². The minimum Gasteiger partial charge on any atom is -0.463 e. The number of anilines is 1. The predicted octanol–water partition coefficient (Wildman–Crippen LogP) is 4.78. The number of benzene rings is 2. The quantitative estimate of drug-likeness (QED) is 0.425. The number of aryl methyl sites for hydroxylation is 1. The Kier molecular flexibility index (Phi) is 7.39. The average molecular weight is 413 g/mol. The minimum atomic E-state index is -0.390. The van der Waals surface area contributed by atoms with E-state index in [4.69, 9.17) is 10.00 Å². The fraction of sp³-hybridized carbons (Fsp3) is 0.160. The fourth-order valence-corrected chi connectivity index (χ4v) is 3.15. The third-order valence-corrected chi connectivity index (χ3v) is 4.57. The number of nitrogens with zero attached hydrogens (tertiary/aromatic N) is 2. The lowest BCUT2D eigenvalue weighted by Gasteiger charge is -2.02. The van der Waals surface area contributed by atoms with E-state index in [0.29, 0.717) is 25.3 Å². The number of ether oxygens (including phenoxy) is 1. The van der Waals surface area contributed by atoms with Crippen molar-refractivity contribution in [2.24, 2.45) is 0 Å². The van der Waals surface area contributed by atoms with Crippen LogP contribution < -0.4 is 5.32 Å². The maximum absolute atomic E-state index is 12.3. The zero-order valence-electron chi connectivity index (χ0n) is 17.2. The van der Waals surface area contributed by atoms with Gasteiger partial charge in [-0.1, -0.05) is 30.3 Å². The summed E-state index contributed by atoms with van der Waals surface area (Å²) in [4.78, 5) is 23.7. The molecule has 1 amide bonds. The van der Waals surface area contributed by atoms with Crippen LogP contribution in [0, 0.1) is 11.3 Å². The van der Waals surface area contributed by atoms with E-state index in [1.165, 1.54) is 12.2 Å². The summed E-state index contributed by atoms with van der Waals surface area (Å²) in [5.41, 5.74) is 3.43. The van der Waals surface area contributed by atoms with Crippen molar-refractivity contribution in [2.75, 3.05) is 11.9 Å². The molecule has 3 rings (SSSR count). The highest BCUT2D eigenvalue weighted by Gasteiger charge is 2.06. The van der Waals surface area contributed by atoms with Crippen LogP contribution in [0.3, 0.4) is 0 Å².